The van der Waals surface area contributed by atoms with E-state index in [0.29, 0.717) is 26.2 Å². The lowest BCUT2D eigenvalue weighted by Crippen LogP contribution is -2.40. The molecule has 1 aliphatic heterocycles. The molecule has 0 spiro atoms. The fourth-order valence-corrected chi connectivity index (χ4v) is 5.35. The van der Waals surface area contributed by atoms with Gasteiger partial charge in [0.1, 0.15) is 12.4 Å². The van der Waals surface area contributed by atoms with E-state index in [9.17, 15) is 24.5 Å². The molecule has 1 aliphatic rings. The van der Waals surface area contributed by atoms with E-state index in [-0.39, 0.29) is 36.0 Å². The lowest BCUT2D eigenvalue weighted by Gasteiger charge is -2.25. The molecule has 0 fully saturated rings. The second-order valence-corrected chi connectivity index (χ2v) is 10.0. The molecule has 0 amide bonds. The summed E-state index contributed by atoms with van der Waals surface area (Å²) in [5, 5.41) is 11.0. The van der Waals surface area contributed by atoms with Crippen LogP contribution in [0.4, 0.5) is 5.69 Å². The minimum Gasteiger partial charge on any atom is -0.460 e. The van der Waals surface area contributed by atoms with E-state index in [1.165, 1.54) is 36.1 Å². The Kier molecular flexibility index (Phi) is 8.22. The number of allylic oxidation sites excluding steroid dienone is 1. The number of nitrogens with zero attached hydrogens (tertiary/aromatic N) is 3. The normalized spacial score (nSPS) is 14.7. The largest absolute Gasteiger partial charge is 0.460 e. The Morgan fingerprint density at radius 3 is 2.48 bits per heavy atom. The van der Waals surface area contributed by atoms with Crippen molar-refractivity contribution in [2.75, 3.05) is 20.3 Å². The van der Waals surface area contributed by atoms with Crippen molar-refractivity contribution in [1.82, 2.24) is 4.57 Å². The number of benzene rings is 2. The first-order valence-electron chi connectivity index (χ1n) is 12.6. The summed E-state index contributed by atoms with van der Waals surface area (Å²) in [6, 6.07) is 14.3. The number of carbonyl (C=O) groups is 2. The van der Waals surface area contributed by atoms with E-state index in [0.717, 1.165) is 11.3 Å². The van der Waals surface area contributed by atoms with Crippen LogP contribution in [-0.2, 0) is 14.3 Å². The first-order chi connectivity index (χ1) is 20.3. The number of non-ortho nitro benzene ring substituents is 1. The SMILES string of the molecule is COCCOC(=O)C1=C(C)N=c2s/c(=C\c3ccc([N+](=O)[O-])cc3)c(=O)n2[C@H]1c1ccc(OC(=O)c2ccco2)cc1. The number of rotatable bonds is 9. The molecule has 0 saturated carbocycles. The zero-order valence-corrected chi connectivity index (χ0v) is 23.2. The number of nitro groups is 1. The molecule has 0 unspecified atom stereocenters. The van der Waals surface area contributed by atoms with Crippen LogP contribution in [0, 0.1) is 10.1 Å². The van der Waals surface area contributed by atoms with Gasteiger partial charge in [0.05, 0.1) is 39.6 Å². The molecule has 214 valence electrons. The van der Waals surface area contributed by atoms with Gasteiger partial charge in [0.25, 0.3) is 11.2 Å². The molecule has 2 aromatic heterocycles. The summed E-state index contributed by atoms with van der Waals surface area (Å²) in [6.45, 7) is 1.85. The van der Waals surface area contributed by atoms with Crippen LogP contribution in [0.5, 0.6) is 5.75 Å². The molecule has 3 heterocycles. The fourth-order valence-electron chi connectivity index (χ4n) is 4.31. The van der Waals surface area contributed by atoms with Crippen molar-refractivity contribution in [3.8, 4) is 5.75 Å². The van der Waals surface area contributed by atoms with Crippen molar-refractivity contribution in [2.45, 2.75) is 13.0 Å². The van der Waals surface area contributed by atoms with Crippen molar-refractivity contribution in [1.29, 1.82) is 0 Å². The van der Waals surface area contributed by atoms with Gasteiger partial charge in [-0.15, -0.1) is 0 Å². The van der Waals surface area contributed by atoms with Crippen LogP contribution in [-0.4, -0.2) is 41.8 Å². The molecule has 13 heteroatoms. The molecule has 4 aromatic rings. The van der Waals surface area contributed by atoms with E-state index < -0.39 is 28.5 Å². The fraction of sp³-hybridized carbons (Fsp3) is 0.172. The Morgan fingerprint density at radius 2 is 1.83 bits per heavy atom. The summed E-state index contributed by atoms with van der Waals surface area (Å²) in [6.07, 6.45) is 2.97. The highest BCUT2D eigenvalue weighted by atomic mass is 32.1. The van der Waals surface area contributed by atoms with Gasteiger partial charge >= 0.3 is 11.9 Å². The second kappa shape index (κ2) is 12.2. The predicted octanol–water partition coefficient (Wildman–Crippen LogP) is 3.15. The monoisotopic (exact) mass is 589 g/mol. The van der Waals surface area contributed by atoms with Gasteiger partial charge in [-0.3, -0.25) is 19.5 Å². The van der Waals surface area contributed by atoms with Crippen molar-refractivity contribution in [3.63, 3.8) is 0 Å². The standard InChI is InChI=1S/C29H23N3O9S/c1-17-24(28(35)40-15-14-38-2)25(19-7-11-21(12-8-19)41-27(34)22-4-3-13-39-22)31-26(33)23(42-29(31)30-17)16-18-5-9-20(10-6-18)32(36)37/h3-13,16,25H,14-15H2,1-2H3/b23-16-/t25-/m0/s1. The molecular formula is C29H23N3O9S. The molecule has 42 heavy (non-hydrogen) atoms. The first kappa shape index (κ1) is 28.4. The Labute approximate surface area is 241 Å². The molecule has 0 bridgehead atoms. The molecule has 0 saturated heterocycles. The van der Waals surface area contributed by atoms with E-state index >= 15 is 0 Å². The van der Waals surface area contributed by atoms with Crippen LogP contribution in [0.1, 0.15) is 34.6 Å². The number of furan rings is 1. The highest BCUT2D eigenvalue weighted by Gasteiger charge is 2.33. The Morgan fingerprint density at radius 1 is 1.10 bits per heavy atom. The maximum absolute atomic E-state index is 13.8. The van der Waals surface area contributed by atoms with E-state index in [2.05, 4.69) is 4.99 Å². The highest BCUT2D eigenvalue weighted by Crippen LogP contribution is 2.32. The quantitative estimate of drug-likeness (QED) is 0.0942. The summed E-state index contributed by atoms with van der Waals surface area (Å²) in [4.78, 5) is 54.7. The van der Waals surface area contributed by atoms with Gasteiger partial charge in [0, 0.05) is 19.2 Å². The van der Waals surface area contributed by atoms with Gasteiger partial charge < -0.3 is 18.6 Å². The maximum Gasteiger partial charge on any atom is 0.379 e. The number of hydrogen-bond acceptors (Lipinski definition) is 11. The molecule has 1 atom stereocenters. The number of methoxy groups -OCH3 is 1. The smallest absolute Gasteiger partial charge is 0.379 e. The third-order valence-corrected chi connectivity index (χ3v) is 7.28. The van der Waals surface area contributed by atoms with E-state index in [4.69, 9.17) is 18.6 Å². The zero-order valence-electron chi connectivity index (χ0n) is 22.3. The number of aromatic nitrogens is 1. The summed E-state index contributed by atoms with van der Waals surface area (Å²) in [5.41, 5.74) is 1.19. The number of fused-ring (bicyclic) bond motifs is 1. The Hall–Kier alpha value is -5.14. The lowest BCUT2D eigenvalue weighted by atomic mass is 9.96. The van der Waals surface area contributed by atoms with Crippen LogP contribution < -0.4 is 19.6 Å². The third-order valence-electron chi connectivity index (χ3n) is 6.29. The van der Waals surface area contributed by atoms with Crippen molar-refractivity contribution >= 4 is 35.0 Å². The first-order valence-corrected chi connectivity index (χ1v) is 13.4. The lowest BCUT2D eigenvalue weighted by molar-refractivity contribution is -0.384. The number of carbonyl (C=O) groups excluding carboxylic acids is 2. The van der Waals surface area contributed by atoms with E-state index in [1.54, 1.807) is 55.5 Å². The van der Waals surface area contributed by atoms with Gasteiger partial charge in [-0.2, -0.15) is 0 Å². The van der Waals surface area contributed by atoms with Crippen molar-refractivity contribution in [2.24, 2.45) is 4.99 Å². The zero-order chi connectivity index (χ0) is 29.8. The summed E-state index contributed by atoms with van der Waals surface area (Å²) >= 11 is 1.12. The second-order valence-electron chi connectivity index (χ2n) is 9.00. The van der Waals surface area contributed by atoms with E-state index in [1.807, 2.05) is 0 Å². The van der Waals surface area contributed by atoms with Crippen molar-refractivity contribution < 1.29 is 33.1 Å². The highest BCUT2D eigenvalue weighted by molar-refractivity contribution is 7.07. The molecule has 5 rings (SSSR count). The van der Waals surface area contributed by atoms with Crippen LogP contribution >= 0.6 is 11.3 Å². The average molecular weight is 590 g/mol. The van der Waals surface area contributed by atoms with Gasteiger partial charge in [0.2, 0.25) is 5.76 Å². The molecule has 0 N–H and O–H groups in total. The van der Waals surface area contributed by atoms with Gasteiger partial charge in [-0.05, 0) is 60.5 Å². The maximum atomic E-state index is 13.8. The molecule has 0 radical (unpaired) electrons. The van der Waals surface area contributed by atoms with Gasteiger partial charge in [-0.1, -0.05) is 23.5 Å². The number of esters is 2. The summed E-state index contributed by atoms with van der Waals surface area (Å²) < 4.78 is 22.6. The van der Waals surface area contributed by atoms with Crippen LogP contribution in [0.3, 0.4) is 0 Å². The summed E-state index contributed by atoms with van der Waals surface area (Å²) in [7, 11) is 1.48. The topological polar surface area (TPSA) is 152 Å². The number of nitro benzene ring substituents is 1. The van der Waals surface area contributed by atoms with Gasteiger partial charge in [0.15, 0.2) is 4.80 Å². The van der Waals surface area contributed by atoms with Crippen molar-refractivity contribution in [3.05, 3.63) is 125 Å². The molecule has 0 aliphatic carbocycles. The van der Waals surface area contributed by atoms with Crippen LogP contribution in [0.15, 0.2) is 92.4 Å². The minimum atomic E-state index is -0.898. The predicted molar refractivity (Wildman–Crippen MR) is 150 cm³/mol. The Bertz CT molecular complexity index is 1850. The average Bonchev–Trinajstić information content (AvgIpc) is 3.62. The molecule has 2 aromatic carbocycles. The minimum absolute atomic E-state index is 0.00503. The molecule has 12 nitrogen and oxygen atoms in total. The number of thiazole rings is 1. The van der Waals surface area contributed by atoms with Crippen LogP contribution in [0.2, 0.25) is 0 Å². The number of ether oxygens (including phenoxy) is 3. The van der Waals surface area contributed by atoms with Crippen LogP contribution in [0.25, 0.3) is 6.08 Å². The summed E-state index contributed by atoms with van der Waals surface area (Å²) in [5.74, 6) is -1.06. The van der Waals surface area contributed by atoms with Gasteiger partial charge in [-0.25, -0.2) is 14.6 Å². The molecular weight excluding hydrogens is 566 g/mol. The number of hydrogen-bond donors (Lipinski definition) is 0. The third kappa shape index (κ3) is 5.82. The Balaban J connectivity index is 1.56.